The summed E-state index contributed by atoms with van der Waals surface area (Å²) in [6.45, 7) is 1.16. The normalized spacial score (nSPS) is 14.2. The monoisotopic (exact) mass is 381 g/mol. The standard InChI is InChI=1S/C20H19N3O5/c24-18-14-4-1-2-5-15(14)19(25)23(18)9-3-8-21-20(26)22-11-13-6-7-16-17(10-13)28-12-27-16/h1-2,4-7,10H,3,8-9,11-12H2,(H2,21,22,26). The first kappa shape index (κ1) is 17.8. The summed E-state index contributed by atoms with van der Waals surface area (Å²) < 4.78 is 10.6. The van der Waals surface area contributed by atoms with Gasteiger partial charge >= 0.3 is 6.03 Å². The molecule has 8 heteroatoms. The number of amides is 4. The lowest BCUT2D eigenvalue weighted by molar-refractivity contribution is 0.0653. The molecule has 0 spiro atoms. The summed E-state index contributed by atoms with van der Waals surface area (Å²) in [5.41, 5.74) is 1.76. The zero-order chi connectivity index (χ0) is 19.5. The van der Waals surface area contributed by atoms with E-state index in [0.29, 0.717) is 42.1 Å². The van der Waals surface area contributed by atoms with Crippen molar-refractivity contribution in [1.29, 1.82) is 0 Å². The zero-order valence-corrected chi connectivity index (χ0v) is 15.1. The first-order valence-electron chi connectivity index (χ1n) is 8.99. The molecule has 2 aromatic carbocycles. The highest BCUT2D eigenvalue weighted by molar-refractivity contribution is 6.21. The minimum absolute atomic E-state index is 0.208. The molecule has 2 N–H and O–H groups in total. The van der Waals surface area contributed by atoms with Gasteiger partial charge in [0.05, 0.1) is 11.1 Å². The average molecular weight is 381 g/mol. The van der Waals surface area contributed by atoms with Crippen LogP contribution in [-0.4, -0.2) is 42.6 Å². The lowest BCUT2D eigenvalue weighted by atomic mass is 10.1. The number of ether oxygens (including phenoxy) is 2. The van der Waals surface area contributed by atoms with Crippen LogP contribution in [0.4, 0.5) is 4.79 Å². The number of benzene rings is 2. The van der Waals surface area contributed by atoms with Crippen molar-refractivity contribution in [1.82, 2.24) is 15.5 Å². The van der Waals surface area contributed by atoms with Gasteiger partial charge in [0.15, 0.2) is 11.5 Å². The van der Waals surface area contributed by atoms with Crippen LogP contribution in [0.1, 0.15) is 32.7 Å². The van der Waals surface area contributed by atoms with E-state index in [1.165, 1.54) is 4.90 Å². The summed E-state index contributed by atoms with van der Waals surface area (Å²) in [5.74, 6) is 0.794. The third kappa shape index (κ3) is 3.48. The van der Waals surface area contributed by atoms with Crippen molar-refractivity contribution in [3.8, 4) is 11.5 Å². The molecule has 4 amide bonds. The van der Waals surface area contributed by atoms with Gasteiger partial charge in [-0.05, 0) is 36.2 Å². The number of hydrogen-bond donors (Lipinski definition) is 2. The van der Waals surface area contributed by atoms with Gasteiger partial charge in [-0.1, -0.05) is 18.2 Å². The second-order valence-corrected chi connectivity index (χ2v) is 6.46. The van der Waals surface area contributed by atoms with Crippen molar-refractivity contribution in [3.63, 3.8) is 0 Å². The number of urea groups is 1. The summed E-state index contributed by atoms with van der Waals surface area (Å²) in [7, 11) is 0. The predicted molar refractivity (Wildman–Crippen MR) is 99.2 cm³/mol. The summed E-state index contributed by atoms with van der Waals surface area (Å²) in [6, 6.07) is 11.9. The van der Waals surface area contributed by atoms with Crippen LogP contribution < -0.4 is 20.1 Å². The van der Waals surface area contributed by atoms with Gasteiger partial charge < -0.3 is 20.1 Å². The van der Waals surface area contributed by atoms with Gasteiger partial charge in [-0.2, -0.15) is 0 Å². The molecule has 0 saturated carbocycles. The third-order valence-electron chi connectivity index (χ3n) is 4.61. The van der Waals surface area contributed by atoms with Crippen molar-refractivity contribution in [2.24, 2.45) is 0 Å². The number of nitrogens with zero attached hydrogens (tertiary/aromatic N) is 1. The Bertz CT molecular complexity index is 908. The molecule has 0 atom stereocenters. The average Bonchev–Trinajstić information content (AvgIpc) is 3.27. The maximum absolute atomic E-state index is 12.3. The number of carbonyl (C=O) groups is 3. The maximum Gasteiger partial charge on any atom is 0.315 e. The predicted octanol–water partition coefficient (Wildman–Crippen LogP) is 1.90. The molecule has 144 valence electrons. The van der Waals surface area contributed by atoms with Gasteiger partial charge in [0.2, 0.25) is 6.79 Å². The first-order valence-corrected chi connectivity index (χ1v) is 8.99. The highest BCUT2D eigenvalue weighted by Gasteiger charge is 2.34. The molecule has 2 aliphatic rings. The van der Waals surface area contributed by atoms with Crippen LogP contribution in [-0.2, 0) is 6.54 Å². The quantitative estimate of drug-likeness (QED) is 0.588. The Hall–Kier alpha value is -3.55. The number of imide groups is 1. The van der Waals surface area contributed by atoms with Crippen LogP contribution in [0.2, 0.25) is 0 Å². The van der Waals surface area contributed by atoms with Crippen LogP contribution in [0.5, 0.6) is 11.5 Å². The van der Waals surface area contributed by atoms with Crippen LogP contribution in [0.3, 0.4) is 0 Å². The van der Waals surface area contributed by atoms with Crippen molar-refractivity contribution in [3.05, 3.63) is 59.2 Å². The van der Waals surface area contributed by atoms with Crippen LogP contribution in [0.25, 0.3) is 0 Å². The molecule has 28 heavy (non-hydrogen) atoms. The van der Waals surface area contributed by atoms with Crippen LogP contribution in [0.15, 0.2) is 42.5 Å². The number of fused-ring (bicyclic) bond motifs is 2. The number of carbonyl (C=O) groups excluding carboxylic acids is 3. The van der Waals surface area contributed by atoms with E-state index in [1.807, 2.05) is 12.1 Å². The summed E-state index contributed by atoms with van der Waals surface area (Å²) in [6.07, 6.45) is 0.475. The number of hydrogen-bond acceptors (Lipinski definition) is 5. The fraction of sp³-hybridized carbons (Fsp3) is 0.250. The number of nitrogens with one attached hydrogen (secondary N) is 2. The van der Waals surface area contributed by atoms with Gasteiger partial charge in [0, 0.05) is 19.6 Å². The van der Waals surface area contributed by atoms with E-state index in [4.69, 9.17) is 9.47 Å². The third-order valence-corrected chi connectivity index (χ3v) is 4.61. The van der Waals surface area contributed by atoms with Crippen molar-refractivity contribution < 1.29 is 23.9 Å². The van der Waals surface area contributed by atoms with E-state index in [2.05, 4.69) is 10.6 Å². The molecule has 0 radical (unpaired) electrons. The van der Waals surface area contributed by atoms with Crippen LogP contribution in [0, 0.1) is 0 Å². The molecular weight excluding hydrogens is 362 g/mol. The van der Waals surface area contributed by atoms with Crippen molar-refractivity contribution >= 4 is 17.8 Å². The van der Waals surface area contributed by atoms with Gasteiger partial charge in [0.1, 0.15) is 0 Å². The maximum atomic E-state index is 12.3. The van der Waals surface area contributed by atoms with Crippen molar-refractivity contribution in [2.75, 3.05) is 19.9 Å². The highest BCUT2D eigenvalue weighted by Crippen LogP contribution is 2.32. The largest absolute Gasteiger partial charge is 0.454 e. The molecule has 4 rings (SSSR count). The fourth-order valence-electron chi connectivity index (χ4n) is 3.18. The van der Waals surface area contributed by atoms with E-state index >= 15 is 0 Å². The smallest absolute Gasteiger partial charge is 0.315 e. The Kier molecular flexibility index (Phi) is 4.84. The molecule has 8 nitrogen and oxygen atoms in total. The minimum atomic E-state index is -0.319. The second kappa shape index (κ2) is 7.59. The van der Waals surface area contributed by atoms with E-state index in [-0.39, 0.29) is 31.2 Å². The Morgan fingerprint density at radius 1 is 0.964 bits per heavy atom. The summed E-state index contributed by atoms with van der Waals surface area (Å²) >= 11 is 0. The minimum Gasteiger partial charge on any atom is -0.454 e. The van der Waals surface area contributed by atoms with E-state index < -0.39 is 0 Å². The Morgan fingerprint density at radius 3 is 2.43 bits per heavy atom. The molecule has 0 aliphatic carbocycles. The molecular formula is C20H19N3O5. The molecule has 0 unspecified atom stereocenters. The molecule has 0 fully saturated rings. The first-order chi connectivity index (χ1) is 13.6. The highest BCUT2D eigenvalue weighted by atomic mass is 16.7. The SMILES string of the molecule is O=C(NCCCN1C(=O)c2ccccc2C1=O)NCc1ccc2c(c1)OCO2. The molecule has 2 heterocycles. The molecule has 0 bridgehead atoms. The van der Waals surface area contributed by atoms with Gasteiger partial charge in [-0.15, -0.1) is 0 Å². The fourth-order valence-corrected chi connectivity index (χ4v) is 3.18. The Morgan fingerprint density at radius 2 is 1.68 bits per heavy atom. The van der Waals surface area contributed by atoms with Gasteiger partial charge in [-0.25, -0.2) is 4.79 Å². The summed E-state index contributed by atoms with van der Waals surface area (Å²) in [4.78, 5) is 37.7. The molecule has 0 saturated heterocycles. The second-order valence-electron chi connectivity index (χ2n) is 6.46. The molecule has 0 aromatic heterocycles. The molecule has 2 aromatic rings. The van der Waals surface area contributed by atoms with E-state index in [9.17, 15) is 14.4 Å². The van der Waals surface area contributed by atoms with Crippen molar-refractivity contribution in [2.45, 2.75) is 13.0 Å². The lowest BCUT2D eigenvalue weighted by Gasteiger charge is -2.14. The summed E-state index contributed by atoms with van der Waals surface area (Å²) in [5, 5.41) is 5.48. The Balaban J connectivity index is 1.19. The van der Waals surface area contributed by atoms with E-state index in [1.54, 1.807) is 30.3 Å². The van der Waals surface area contributed by atoms with Crippen LogP contribution >= 0.6 is 0 Å². The number of rotatable bonds is 6. The van der Waals surface area contributed by atoms with E-state index in [0.717, 1.165) is 5.56 Å². The van der Waals surface area contributed by atoms with Gasteiger partial charge in [0.25, 0.3) is 11.8 Å². The topological polar surface area (TPSA) is 97.0 Å². The van der Waals surface area contributed by atoms with Gasteiger partial charge in [-0.3, -0.25) is 14.5 Å². The molecule has 2 aliphatic heterocycles. The lowest BCUT2D eigenvalue weighted by Crippen LogP contribution is -2.37. The Labute approximate surface area is 161 Å². The zero-order valence-electron chi connectivity index (χ0n) is 15.1.